The molecule has 2 saturated heterocycles. The third-order valence-electron chi connectivity index (χ3n) is 9.13. The van der Waals surface area contributed by atoms with Crippen LogP contribution >= 0.6 is 37.2 Å². The molecule has 0 aliphatic carbocycles. The minimum absolute atomic E-state index is 0. The van der Waals surface area contributed by atoms with Crippen LogP contribution in [-0.2, 0) is 17.8 Å². The minimum atomic E-state index is -4.58. The Labute approximate surface area is 326 Å². The smallest absolute Gasteiger partial charge is 0.422 e. The summed E-state index contributed by atoms with van der Waals surface area (Å²) in [5.41, 5.74) is 3.44. The topological polar surface area (TPSA) is 93.2 Å². The second-order valence-electron chi connectivity index (χ2n) is 12.5. The van der Waals surface area contributed by atoms with Gasteiger partial charge in [0, 0.05) is 69.7 Å². The Morgan fingerprint density at radius 2 is 1.53 bits per heavy atom. The maximum atomic E-state index is 13.6. The van der Waals surface area contributed by atoms with E-state index < -0.39 is 12.8 Å². The number of fused-ring (bicyclic) bond motifs is 1. The number of hydrogen-bond acceptors (Lipinski definition) is 9. The first-order valence-corrected chi connectivity index (χ1v) is 16.7. The molecule has 16 heteroatoms. The van der Waals surface area contributed by atoms with Crippen molar-refractivity contribution in [3.63, 3.8) is 0 Å². The van der Waals surface area contributed by atoms with Crippen LogP contribution in [0.5, 0.6) is 17.8 Å². The predicted molar refractivity (Wildman–Crippen MR) is 202 cm³/mol. The third-order valence-corrected chi connectivity index (χ3v) is 9.13. The number of hydrogen-bond donors (Lipinski definition) is 0. The van der Waals surface area contributed by atoms with Gasteiger partial charge in [-0.25, -0.2) is 0 Å². The summed E-state index contributed by atoms with van der Waals surface area (Å²) in [6.45, 7) is 3.44. The summed E-state index contributed by atoms with van der Waals surface area (Å²) >= 11 is 0. The van der Waals surface area contributed by atoms with Gasteiger partial charge in [0.05, 0.1) is 25.7 Å². The number of nitrogens with zero attached hydrogens (tertiary/aromatic N) is 6. The van der Waals surface area contributed by atoms with Gasteiger partial charge in [0.15, 0.2) is 6.61 Å². The molecule has 4 aromatic rings. The predicted octanol–water partition coefficient (Wildman–Crippen LogP) is 6.26. The summed E-state index contributed by atoms with van der Waals surface area (Å²) in [5, 5.41) is 0. The molecule has 2 aromatic carbocycles. The Hall–Kier alpha value is -3.88. The molecule has 2 atom stereocenters. The Morgan fingerprint density at radius 1 is 0.868 bits per heavy atom. The molecule has 0 radical (unpaired) electrons. The highest BCUT2D eigenvalue weighted by Gasteiger charge is 2.43. The van der Waals surface area contributed by atoms with Crippen molar-refractivity contribution in [3.05, 3.63) is 107 Å². The number of carbonyl (C=O) groups excluding carboxylic acids is 1. The van der Waals surface area contributed by atoms with Gasteiger partial charge in [-0.15, -0.1) is 37.2 Å². The van der Waals surface area contributed by atoms with Crippen molar-refractivity contribution in [3.8, 4) is 17.8 Å². The standard InChI is InChI=1S/C37H41F3N6O4.3ClH/c1-3-49-36-42-34(48-2)30(35(43-36)50-25-37(38,39)40)23-44-21-29-22-45(32(47)19-26-11-10-16-41-20-26)17-18-46(29)31(24-44)33(27-12-6-4-7-13-27)28-14-8-5-9-15-28;;;/h4-16,20,29,31,33H,3,17-19,21-25H2,1-2H3;3*1H/t29-,31+;;;/m1.../s1. The van der Waals surface area contributed by atoms with Crippen molar-refractivity contribution in [1.29, 1.82) is 0 Å². The molecule has 0 unspecified atom stereocenters. The lowest BCUT2D eigenvalue weighted by molar-refractivity contribution is -0.154. The number of rotatable bonds is 12. The van der Waals surface area contributed by atoms with Gasteiger partial charge < -0.3 is 19.1 Å². The fraction of sp³-hybridized carbons (Fsp3) is 0.405. The second kappa shape index (κ2) is 20.0. The van der Waals surface area contributed by atoms with Crippen LogP contribution in [-0.4, -0.2) is 107 Å². The van der Waals surface area contributed by atoms with Crippen molar-refractivity contribution in [2.24, 2.45) is 0 Å². The minimum Gasteiger partial charge on any atom is -0.481 e. The van der Waals surface area contributed by atoms with Crippen LogP contribution in [0.4, 0.5) is 13.2 Å². The summed E-state index contributed by atoms with van der Waals surface area (Å²) in [5.74, 6) is -0.159. The lowest BCUT2D eigenvalue weighted by atomic mass is 9.81. The van der Waals surface area contributed by atoms with Crippen LogP contribution in [0, 0.1) is 0 Å². The van der Waals surface area contributed by atoms with Gasteiger partial charge in [-0.3, -0.25) is 19.6 Å². The Kier molecular flexibility index (Phi) is 16.4. The van der Waals surface area contributed by atoms with Crippen LogP contribution in [0.1, 0.15) is 35.1 Å². The molecule has 0 spiro atoms. The van der Waals surface area contributed by atoms with E-state index in [4.69, 9.17) is 14.2 Å². The van der Waals surface area contributed by atoms with Crippen molar-refractivity contribution in [2.45, 2.75) is 44.1 Å². The lowest BCUT2D eigenvalue weighted by Gasteiger charge is -2.53. The van der Waals surface area contributed by atoms with E-state index in [2.05, 4.69) is 49.0 Å². The van der Waals surface area contributed by atoms with Crippen molar-refractivity contribution >= 4 is 43.1 Å². The van der Waals surface area contributed by atoms with Gasteiger partial charge in [-0.05, 0) is 29.7 Å². The Morgan fingerprint density at radius 3 is 2.11 bits per heavy atom. The molecule has 4 heterocycles. The average molecular weight is 800 g/mol. The van der Waals surface area contributed by atoms with Crippen LogP contribution < -0.4 is 14.2 Å². The fourth-order valence-electron chi connectivity index (χ4n) is 7.03. The number of methoxy groups -OCH3 is 1. The molecule has 6 rings (SSSR count). The van der Waals surface area contributed by atoms with Crippen LogP contribution in [0.2, 0.25) is 0 Å². The molecule has 2 aromatic heterocycles. The molecule has 2 fully saturated rings. The maximum Gasteiger partial charge on any atom is 0.422 e. The highest BCUT2D eigenvalue weighted by Crippen LogP contribution is 2.38. The number of halogens is 6. The monoisotopic (exact) mass is 798 g/mol. The first-order chi connectivity index (χ1) is 24.2. The lowest BCUT2D eigenvalue weighted by Crippen LogP contribution is -2.67. The van der Waals surface area contributed by atoms with E-state index >= 15 is 0 Å². The highest BCUT2D eigenvalue weighted by atomic mass is 35.5. The SMILES string of the molecule is CCOc1nc(OC)c(CN2C[C@@H]3CN(C(=O)Cc4cccnc4)CCN3[C@H](C(c3ccccc3)c3ccccc3)C2)c(OCC(F)(F)F)n1.Cl.Cl.Cl. The Balaban J connectivity index is 0.00000252. The van der Waals surface area contributed by atoms with E-state index in [1.165, 1.54) is 7.11 Å². The maximum absolute atomic E-state index is 13.6. The first-order valence-electron chi connectivity index (χ1n) is 16.7. The van der Waals surface area contributed by atoms with Crippen LogP contribution in [0.25, 0.3) is 0 Å². The number of amides is 1. The molecule has 2 aliphatic heterocycles. The van der Waals surface area contributed by atoms with Gasteiger partial charge in [-0.1, -0.05) is 66.7 Å². The number of benzene rings is 2. The molecule has 0 saturated carbocycles. The van der Waals surface area contributed by atoms with E-state index in [0.717, 1.165) is 16.7 Å². The third kappa shape index (κ3) is 11.1. The van der Waals surface area contributed by atoms with Crippen LogP contribution in [0.15, 0.2) is 85.2 Å². The van der Waals surface area contributed by atoms with E-state index in [9.17, 15) is 18.0 Å². The molecular formula is C37H44Cl3F3N6O4. The molecular weight excluding hydrogens is 756 g/mol. The normalized spacial score (nSPS) is 17.4. The molecule has 53 heavy (non-hydrogen) atoms. The highest BCUT2D eigenvalue weighted by molar-refractivity contribution is 5.86. The zero-order valence-electron chi connectivity index (χ0n) is 29.4. The number of aromatic nitrogens is 3. The number of pyridine rings is 1. The fourth-order valence-corrected chi connectivity index (χ4v) is 7.03. The largest absolute Gasteiger partial charge is 0.481 e. The zero-order valence-corrected chi connectivity index (χ0v) is 31.8. The molecule has 2 aliphatic rings. The van der Waals surface area contributed by atoms with Crippen LogP contribution in [0.3, 0.4) is 0 Å². The van der Waals surface area contributed by atoms with Crippen molar-refractivity contribution in [2.75, 3.05) is 53.0 Å². The van der Waals surface area contributed by atoms with E-state index in [1.54, 1.807) is 19.3 Å². The van der Waals surface area contributed by atoms with Gasteiger partial charge in [-0.2, -0.15) is 23.1 Å². The second-order valence-corrected chi connectivity index (χ2v) is 12.5. The van der Waals surface area contributed by atoms with E-state index in [1.807, 2.05) is 53.4 Å². The number of carbonyl (C=O) groups is 1. The molecule has 288 valence electrons. The molecule has 10 nitrogen and oxygen atoms in total. The molecule has 0 bridgehead atoms. The van der Waals surface area contributed by atoms with E-state index in [0.29, 0.717) is 38.3 Å². The summed E-state index contributed by atoms with van der Waals surface area (Å²) in [7, 11) is 1.41. The molecule has 0 N–H and O–H groups in total. The summed E-state index contributed by atoms with van der Waals surface area (Å²) in [4.78, 5) is 32.9. The zero-order chi connectivity index (χ0) is 35.1. The number of alkyl halides is 3. The van der Waals surface area contributed by atoms with Gasteiger partial charge in [0.25, 0.3) is 0 Å². The summed E-state index contributed by atoms with van der Waals surface area (Å²) in [6, 6.07) is 24.1. The van der Waals surface area contributed by atoms with Crippen molar-refractivity contribution < 1.29 is 32.2 Å². The number of ether oxygens (including phenoxy) is 3. The summed E-state index contributed by atoms with van der Waals surface area (Å²) in [6.07, 6.45) is -0.930. The Bertz CT molecular complexity index is 1680. The first kappa shape index (κ1) is 43.5. The van der Waals surface area contributed by atoms with Gasteiger partial charge >= 0.3 is 12.2 Å². The average Bonchev–Trinajstić information content (AvgIpc) is 3.12. The quantitative estimate of drug-likeness (QED) is 0.165. The molecule has 1 amide bonds. The van der Waals surface area contributed by atoms with Gasteiger partial charge in [0.1, 0.15) is 0 Å². The number of piperazine rings is 2. The van der Waals surface area contributed by atoms with Gasteiger partial charge in [0.2, 0.25) is 17.7 Å². The van der Waals surface area contributed by atoms with E-state index in [-0.39, 0.29) is 98.5 Å². The summed E-state index contributed by atoms with van der Waals surface area (Å²) < 4.78 is 56.4. The van der Waals surface area contributed by atoms with Crippen molar-refractivity contribution in [1.82, 2.24) is 29.7 Å².